The van der Waals surface area contributed by atoms with E-state index in [9.17, 15) is 25.9 Å². The van der Waals surface area contributed by atoms with E-state index in [1.807, 2.05) is 109 Å². The van der Waals surface area contributed by atoms with Crippen molar-refractivity contribution >= 4 is 64.3 Å². The minimum Gasteiger partial charge on any atom is -0.748 e. The molecule has 0 unspecified atom stereocenters. The average molecular weight is 699 g/mol. The molecule has 2 heterocycles. The number of nitrogens with zero attached hydrogens (tertiary/aromatic N) is 2. The Morgan fingerprint density at radius 1 is 0.894 bits per heavy atom. The molecule has 0 fully saturated rings. The molecule has 1 aliphatic heterocycles. The van der Waals surface area contributed by atoms with Crippen LogP contribution in [-0.4, -0.2) is 38.2 Å². The normalized spacial score (nSPS) is 14.4. The van der Waals surface area contributed by atoms with Crippen LogP contribution in [0.25, 0.3) is 38.2 Å². The first kappa shape index (κ1) is 35.2. The van der Waals surface area contributed by atoms with Crippen molar-refractivity contribution in [1.82, 2.24) is 0 Å². The minimum atomic E-state index is -4.61. The van der Waals surface area contributed by atoms with Gasteiger partial charge in [-0.25, -0.2) is 16.8 Å². The zero-order valence-electron chi connectivity index (χ0n) is 26.0. The maximum atomic E-state index is 12.1. The van der Waals surface area contributed by atoms with Gasteiger partial charge in [-0.05, 0) is 65.6 Å². The number of aromatic nitrogens is 1. The van der Waals surface area contributed by atoms with Crippen LogP contribution < -0.4 is 43.8 Å². The summed E-state index contributed by atoms with van der Waals surface area (Å²) in [6, 6.07) is 27.4. The topological polar surface area (TPSA) is 131 Å². The summed E-state index contributed by atoms with van der Waals surface area (Å²) in [4.78, 5) is 1.97. The van der Waals surface area contributed by atoms with Gasteiger partial charge in [0.2, 0.25) is 17.3 Å². The fourth-order valence-corrected chi connectivity index (χ4v) is 8.01. The summed E-state index contributed by atoms with van der Waals surface area (Å²) in [7, 11) is -8.94. The van der Waals surface area contributed by atoms with Gasteiger partial charge in [0.15, 0.2) is 15.9 Å². The number of ether oxygens (including phenoxy) is 1. The van der Waals surface area contributed by atoms with E-state index in [2.05, 4.69) is 0 Å². The van der Waals surface area contributed by atoms with Crippen LogP contribution in [0, 0.1) is 0 Å². The molecule has 0 radical (unpaired) electrons. The van der Waals surface area contributed by atoms with Crippen LogP contribution >= 0.6 is 11.3 Å². The minimum absolute atomic E-state index is 0. The van der Waals surface area contributed by atoms with E-state index in [0.29, 0.717) is 41.5 Å². The van der Waals surface area contributed by atoms with Gasteiger partial charge in [0, 0.05) is 24.4 Å². The van der Waals surface area contributed by atoms with Crippen molar-refractivity contribution < 1.29 is 64.8 Å². The number of thiazole rings is 1. The first-order valence-electron chi connectivity index (χ1n) is 14.8. The van der Waals surface area contributed by atoms with Crippen LogP contribution in [0.3, 0.4) is 0 Å². The molecule has 1 aliphatic rings. The largest absolute Gasteiger partial charge is 1.00 e. The van der Waals surface area contributed by atoms with E-state index in [-0.39, 0.29) is 36.0 Å². The van der Waals surface area contributed by atoms with Crippen LogP contribution in [0.5, 0.6) is 5.75 Å². The molecule has 238 valence electrons. The maximum Gasteiger partial charge on any atom is 1.00 e. The Morgan fingerprint density at radius 3 is 2.36 bits per heavy atom. The Balaban J connectivity index is 0.00000433. The molecule has 0 saturated carbocycles. The van der Waals surface area contributed by atoms with Gasteiger partial charge in [-0.1, -0.05) is 78.9 Å². The number of allylic oxidation sites excluding steroid dienone is 2. The summed E-state index contributed by atoms with van der Waals surface area (Å²) in [5.74, 6) is 0.00641. The van der Waals surface area contributed by atoms with Crippen LogP contribution in [-0.2, 0) is 26.1 Å². The van der Waals surface area contributed by atoms with Crippen LogP contribution in [0.4, 0.5) is 5.69 Å². The third-order valence-corrected chi connectivity index (χ3v) is 10.3. The van der Waals surface area contributed by atoms with E-state index < -0.39 is 31.9 Å². The predicted molar refractivity (Wildman–Crippen MR) is 179 cm³/mol. The Bertz CT molecular complexity index is 2210. The van der Waals surface area contributed by atoms with Crippen molar-refractivity contribution in [3.05, 3.63) is 107 Å². The van der Waals surface area contributed by atoms with Gasteiger partial charge >= 0.3 is 29.6 Å². The maximum absolute atomic E-state index is 12.1. The summed E-state index contributed by atoms with van der Waals surface area (Å²) in [6.45, 7) is 2.38. The monoisotopic (exact) mass is 698 g/mol. The Morgan fingerprint density at radius 2 is 1.64 bits per heavy atom. The molecule has 5 aromatic rings. The summed E-state index contributed by atoms with van der Waals surface area (Å²) in [5.41, 5.74) is 4.34. The van der Waals surface area contributed by atoms with Crippen molar-refractivity contribution in [2.24, 2.45) is 0 Å². The van der Waals surface area contributed by atoms with E-state index >= 15 is 0 Å². The SMILES string of the molecule is CCC(=Cc1sc2ccc3ccccc3c2[n+]1CS(=O)(=O)[O-])C=C1Oc2ccc(-c3ccccc3)cc2N1CCCCS(=O)(=O)[O-].[Na+]. The van der Waals surface area contributed by atoms with Gasteiger partial charge in [-0.15, -0.1) is 0 Å². The first-order chi connectivity index (χ1) is 22.0. The van der Waals surface area contributed by atoms with Crippen molar-refractivity contribution in [2.75, 3.05) is 17.2 Å². The van der Waals surface area contributed by atoms with E-state index in [1.165, 1.54) is 11.3 Å². The first-order valence-corrected chi connectivity index (χ1v) is 18.7. The van der Waals surface area contributed by atoms with E-state index in [0.717, 1.165) is 37.9 Å². The number of benzene rings is 4. The van der Waals surface area contributed by atoms with E-state index in [4.69, 9.17) is 4.74 Å². The standard InChI is InChI=1S/C34H32N2O7S3.Na/c1-2-24(21-33-36(23-46(40,41)42)34-28-13-7-6-12-26(28)15-17-31(34)44-33)20-32-35(18-8-9-19-45(37,38)39)29-22-27(14-16-30(29)43-32)25-10-4-3-5-11-25;/h3-7,10-17,20-22H,2,8-9,18-19,23H2,1H3,(H-,37,38,39,40,41,42);/q;+1/p-1. The Kier molecular flexibility index (Phi) is 10.9. The van der Waals surface area contributed by atoms with E-state index in [1.54, 1.807) is 4.57 Å². The van der Waals surface area contributed by atoms with Crippen molar-refractivity contribution in [3.63, 3.8) is 0 Å². The zero-order valence-corrected chi connectivity index (χ0v) is 30.4. The summed E-state index contributed by atoms with van der Waals surface area (Å²) in [5, 5.41) is 2.39. The molecule has 0 aliphatic carbocycles. The fraction of sp³-hybridized carbons (Fsp3) is 0.206. The summed E-state index contributed by atoms with van der Waals surface area (Å²) < 4.78 is 78.6. The van der Waals surface area contributed by atoms with Crippen molar-refractivity contribution in [2.45, 2.75) is 32.1 Å². The molecule has 0 amide bonds. The van der Waals surface area contributed by atoms with Crippen LogP contribution in [0.1, 0.15) is 31.2 Å². The molecule has 0 bridgehead atoms. The quantitative estimate of drug-likeness (QED) is 0.0889. The molecule has 0 N–H and O–H groups in total. The molecule has 13 heteroatoms. The smallest absolute Gasteiger partial charge is 0.748 e. The Hall–Kier alpha value is -3.07. The molecule has 0 saturated heterocycles. The van der Waals surface area contributed by atoms with Crippen LogP contribution in [0.2, 0.25) is 0 Å². The third kappa shape index (κ3) is 8.33. The van der Waals surface area contributed by atoms with Crippen molar-refractivity contribution in [1.29, 1.82) is 0 Å². The second kappa shape index (κ2) is 14.6. The molecule has 47 heavy (non-hydrogen) atoms. The molecular weight excluding hydrogens is 668 g/mol. The Labute approximate surface area is 300 Å². The summed E-state index contributed by atoms with van der Waals surface area (Å²) >= 11 is 1.40. The molecular formula is C34H31N2NaO7S3. The molecule has 9 nitrogen and oxygen atoms in total. The predicted octanol–water partition coefficient (Wildman–Crippen LogP) is 3.37. The van der Waals surface area contributed by atoms with Gasteiger partial charge in [-0.3, -0.25) is 0 Å². The summed E-state index contributed by atoms with van der Waals surface area (Å²) in [6.07, 6.45) is 4.97. The number of fused-ring (bicyclic) bond motifs is 4. The fourth-order valence-electron chi connectivity index (χ4n) is 5.63. The third-order valence-electron chi connectivity index (χ3n) is 7.79. The average Bonchev–Trinajstić information content (AvgIpc) is 3.54. The van der Waals surface area contributed by atoms with Gasteiger partial charge in [0.25, 0.3) is 5.01 Å². The molecule has 6 rings (SSSR count). The number of hydrogen-bond donors (Lipinski definition) is 0. The number of anilines is 1. The second-order valence-corrected chi connectivity index (χ2v) is 15.0. The van der Waals surface area contributed by atoms with Crippen molar-refractivity contribution in [3.8, 4) is 16.9 Å². The molecule has 4 aromatic carbocycles. The second-order valence-electron chi connectivity index (χ2n) is 11.0. The van der Waals surface area contributed by atoms with Gasteiger partial charge in [0.1, 0.15) is 4.70 Å². The number of hydrogen-bond acceptors (Lipinski definition) is 9. The van der Waals surface area contributed by atoms with Crippen LogP contribution in [0.15, 0.2) is 102 Å². The zero-order chi connectivity index (χ0) is 32.5. The molecule has 0 spiro atoms. The molecule has 0 atom stereocenters. The molecule has 1 aromatic heterocycles. The van der Waals surface area contributed by atoms with Gasteiger partial charge in [-0.2, -0.15) is 4.57 Å². The van der Waals surface area contributed by atoms with Gasteiger partial charge < -0.3 is 18.7 Å². The number of unbranched alkanes of at least 4 members (excludes halogenated alkanes) is 1. The number of rotatable bonds is 11. The van der Waals surface area contributed by atoms with Gasteiger partial charge in [0.05, 0.1) is 21.2 Å².